The van der Waals surface area contributed by atoms with Crippen LogP contribution in [0.1, 0.15) is 26.5 Å². The maximum absolute atomic E-state index is 12.8. The van der Waals surface area contributed by atoms with Gasteiger partial charge in [0.05, 0.1) is 36.0 Å². The first-order valence-electron chi connectivity index (χ1n) is 9.33. The van der Waals surface area contributed by atoms with Crippen LogP contribution in [0.5, 0.6) is 11.5 Å². The molecular weight excluding hydrogens is 398 g/mol. The zero-order valence-corrected chi connectivity index (χ0v) is 17.7. The van der Waals surface area contributed by atoms with Gasteiger partial charge in [0.25, 0.3) is 5.91 Å². The Kier molecular flexibility index (Phi) is 5.54. The number of rotatable bonds is 6. The Balaban J connectivity index is 1.73. The summed E-state index contributed by atoms with van der Waals surface area (Å²) in [6.45, 7) is 1.92. The Morgan fingerprint density at radius 2 is 1.87 bits per heavy atom. The Hall–Kier alpha value is -3.58. The summed E-state index contributed by atoms with van der Waals surface area (Å²) in [5, 5.41) is 13.3. The molecule has 0 saturated heterocycles. The number of anilines is 1. The number of fused-ring (bicyclic) bond motifs is 1. The minimum Gasteiger partial charge on any atom is -0.493 e. The molecular formula is C23H21N3O3S. The van der Waals surface area contributed by atoms with Crippen LogP contribution < -0.4 is 14.8 Å². The fraction of sp³-hybridized carbons (Fsp3) is 0.130. The Morgan fingerprint density at radius 1 is 1.10 bits per heavy atom. The molecule has 6 nitrogen and oxygen atoms in total. The SMILES string of the molecule is COc1cc(C=Cc2n[nH]c3ccccc23)c(NC(=O)c2sccc2C)cc1OC. The van der Waals surface area contributed by atoms with E-state index in [1.54, 1.807) is 20.3 Å². The lowest BCUT2D eigenvalue weighted by Crippen LogP contribution is -2.12. The van der Waals surface area contributed by atoms with Gasteiger partial charge in [-0.25, -0.2) is 0 Å². The number of nitrogens with one attached hydrogen (secondary N) is 2. The average Bonchev–Trinajstić information content (AvgIpc) is 3.38. The van der Waals surface area contributed by atoms with Gasteiger partial charge in [0.2, 0.25) is 0 Å². The summed E-state index contributed by atoms with van der Waals surface area (Å²) in [5.41, 5.74) is 4.12. The Labute approximate surface area is 178 Å². The molecule has 2 heterocycles. The van der Waals surface area contributed by atoms with Crippen LogP contribution in [0.3, 0.4) is 0 Å². The van der Waals surface area contributed by atoms with Crippen molar-refractivity contribution in [1.82, 2.24) is 10.2 Å². The number of hydrogen-bond acceptors (Lipinski definition) is 5. The molecule has 0 fully saturated rings. The highest BCUT2D eigenvalue weighted by Gasteiger charge is 2.15. The first-order valence-corrected chi connectivity index (χ1v) is 10.2. The first-order chi connectivity index (χ1) is 14.6. The van der Waals surface area contributed by atoms with Gasteiger partial charge in [-0.1, -0.05) is 24.3 Å². The third-order valence-corrected chi connectivity index (χ3v) is 5.81. The van der Waals surface area contributed by atoms with E-state index in [0.717, 1.165) is 27.7 Å². The topological polar surface area (TPSA) is 76.2 Å². The number of methoxy groups -OCH3 is 2. The van der Waals surface area contributed by atoms with Gasteiger partial charge in [-0.15, -0.1) is 11.3 Å². The molecule has 2 N–H and O–H groups in total. The van der Waals surface area contributed by atoms with Crippen LogP contribution in [-0.2, 0) is 0 Å². The lowest BCUT2D eigenvalue weighted by molar-refractivity contribution is 0.103. The lowest BCUT2D eigenvalue weighted by atomic mass is 10.1. The van der Waals surface area contributed by atoms with Crippen LogP contribution in [0.2, 0.25) is 0 Å². The van der Waals surface area contributed by atoms with Crippen LogP contribution in [0.25, 0.3) is 23.1 Å². The van der Waals surface area contributed by atoms with Crippen molar-refractivity contribution in [3.8, 4) is 11.5 Å². The van der Waals surface area contributed by atoms with Crippen molar-refractivity contribution in [2.75, 3.05) is 19.5 Å². The number of aromatic nitrogens is 2. The number of benzene rings is 2. The summed E-state index contributed by atoms with van der Waals surface area (Å²) in [6.07, 6.45) is 3.81. The molecule has 0 spiro atoms. The van der Waals surface area contributed by atoms with Crippen LogP contribution in [0.4, 0.5) is 5.69 Å². The van der Waals surface area contributed by atoms with Crippen LogP contribution in [-0.4, -0.2) is 30.3 Å². The fourth-order valence-corrected chi connectivity index (χ4v) is 4.03. The van der Waals surface area contributed by atoms with E-state index in [0.29, 0.717) is 22.1 Å². The van der Waals surface area contributed by atoms with Crippen LogP contribution >= 0.6 is 11.3 Å². The molecule has 0 aliphatic rings. The molecule has 0 saturated carbocycles. The molecule has 7 heteroatoms. The molecule has 2 aromatic heterocycles. The van der Waals surface area contributed by atoms with Crippen molar-refractivity contribution in [3.05, 3.63) is 69.5 Å². The van der Waals surface area contributed by atoms with Gasteiger partial charge in [0.15, 0.2) is 11.5 Å². The number of para-hydroxylation sites is 1. The minimum atomic E-state index is -0.158. The number of carbonyl (C=O) groups is 1. The Morgan fingerprint density at radius 3 is 2.60 bits per heavy atom. The monoisotopic (exact) mass is 419 g/mol. The van der Waals surface area contributed by atoms with E-state index in [1.807, 2.05) is 60.9 Å². The van der Waals surface area contributed by atoms with Crippen molar-refractivity contribution in [3.63, 3.8) is 0 Å². The van der Waals surface area contributed by atoms with E-state index in [2.05, 4.69) is 15.5 Å². The highest BCUT2D eigenvalue weighted by atomic mass is 32.1. The smallest absolute Gasteiger partial charge is 0.266 e. The predicted octanol–water partition coefficient (Wildman–Crippen LogP) is 5.37. The second-order valence-corrected chi connectivity index (χ2v) is 7.59. The fourth-order valence-electron chi connectivity index (χ4n) is 3.21. The summed E-state index contributed by atoms with van der Waals surface area (Å²) in [7, 11) is 3.15. The van der Waals surface area contributed by atoms with Gasteiger partial charge in [-0.3, -0.25) is 9.89 Å². The number of H-pyrrole nitrogens is 1. The van der Waals surface area contributed by atoms with E-state index in [9.17, 15) is 4.79 Å². The second kappa shape index (κ2) is 8.42. The summed E-state index contributed by atoms with van der Waals surface area (Å²) >= 11 is 1.41. The number of aromatic amines is 1. The van der Waals surface area contributed by atoms with Crippen LogP contribution in [0.15, 0.2) is 47.8 Å². The molecule has 152 valence electrons. The number of amides is 1. The summed E-state index contributed by atoms with van der Waals surface area (Å²) in [5.74, 6) is 0.960. The van der Waals surface area contributed by atoms with Crippen molar-refractivity contribution in [2.24, 2.45) is 0 Å². The normalized spacial score (nSPS) is 11.2. The van der Waals surface area contributed by atoms with E-state index >= 15 is 0 Å². The minimum absolute atomic E-state index is 0.158. The zero-order chi connectivity index (χ0) is 21.1. The van der Waals surface area contributed by atoms with Crippen molar-refractivity contribution in [1.29, 1.82) is 0 Å². The lowest BCUT2D eigenvalue weighted by Gasteiger charge is -2.14. The largest absolute Gasteiger partial charge is 0.493 e. The number of nitrogens with zero attached hydrogens (tertiary/aromatic N) is 1. The van der Waals surface area contributed by atoms with Gasteiger partial charge < -0.3 is 14.8 Å². The van der Waals surface area contributed by atoms with Gasteiger partial charge >= 0.3 is 0 Å². The van der Waals surface area contributed by atoms with Gasteiger partial charge in [-0.2, -0.15) is 5.10 Å². The van der Waals surface area contributed by atoms with Crippen LogP contribution in [0, 0.1) is 6.92 Å². The molecule has 4 aromatic rings. The molecule has 1 amide bonds. The van der Waals surface area contributed by atoms with E-state index < -0.39 is 0 Å². The number of ether oxygens (including phenoxy) is 2. The molecule has 0 aliphatic heterocycles. The number of hydrogen-bond donors (Lipinski definition) is 2. The molecule has 0 atom stereocenters. The number of aryl methyl sites for hydroxylation is 1. The molecule has 30 heavy (non-hydrogen) atoms. The maximum atomic E-state index is 12.8. The third-order valence-electron chi connectivity index (χ3n) is 4.79. The predicted molar refractivity (Wildman–Crippen MR) is 122 cm³/mol. The zero-order valence-electron chi connectivity index (χ0n) is 16.9. The van der Waals surface area contributed by atoms with Crippen molar-refractivity contribution in [2.45, 2.75) is 6.92 Å². The summed E-state index contributed by atoms with van der Waals surface area (Å²) in [4.78, 5) is 13.5. The highest BCUT2D eigenvalue weighted by molar-refractivity contribution is 7.12. The average molecular weight is 420 g/mol. The van der Waals surface area contributed by atoms with Gasteiger partial charge in [-0.05, 0) is 42.1 Å². The van der Waals surface area contributed by atoms with Gasteiger partial charge in [0, 0.05) is 17.0 Å². The van der Waals surface area contributed by atoms with Gasteiger partial charge in [0.1, 0.15) is 0 Å². The molecule has 0 aliphatic carbocycles. The van der Waals surface area contributed by atoms with E-state index in [1.165, 1.54) is 11.3 Å². The maximum Gasteiger partial charge on any atom is 0.266 e. The number of thiophene rings is 1. The molecule has 0 unspecified atom stereocenters. The Bertz CT molecular complexity index is 1240. The standard InChI is InChI=1S/C23H21N3O3S/c1-14-10-11-30-22(14)23(27)24-19-13-21(29-3)20(28-2)12-15(19)8-9-18-16-6-4-5-7-17(16)25-26-18/h4-13H,1-3H3,(H,24,27)(H,25,26). The molecule has 4 rings (SSSR count). The van der Waals surface area contributed by atoms with E-state index in [-0.39, 0.29) is 5.91 Å². The molecule has 0 radical (unpaired) electrons. The summed E-state index contributed by atoms with van der Waals surface area (Å²) in [6, 6.07) is 13.4. The number of carbonyl (C=O) groups excluding carboxylic acids is 1. The molecule has 2 aromatic carbocycles. The third kappa shape index (κ3) is 3.79. The molecule has 0 bridgehead atoms. The summed E-state index contributed by atoms with van der Waals surface area (Å²) < 4.78 is 10.9. The van der Waals surface area contributed by atoms with Crippen molar-refractivity contribution >= 4 is 46.0 Å². The quantitative estimate of drug-likeness (QED) is 0.440. The van der Waals surface area contributed by atoms with Crippen molar-refractivity contribution < 1.29 is 14.3 Å². The highest BCUT2D eigenvalue weighted by Crippen LogP contribution is 2.35. The first kappa shape index (κ1) is 19.7. The van der Waals surface area contributed by atoms with E-state index in [4.69, 9.17) is 9.47 Å². The second-order valence-electron chi connectivity index (χ2n) is 6.67.